The number of amides is 1. The van der Waals surface area contributed by atoms with Gasteiger partial charge in [-0.15, -0.1) is 24.2 Å². The van der Waals surface area contributed by atoms with Crippen LogP contribution in [0, 0.1) is 5.82 Å². The zero-order valence-corrected chi connectivity index (χ0v) is 20.8. The molecule has 1 aromatic heterocycles. The van der Waals surface area contributed by atoms with E-state index < -0.39 is 0 Å². The second-order valence-corrected chi connectivity index (χ2v) is 9.56. The molecule has 4 rings (SSSR count). The first-order chi connectivity index (χ1) is 15.6. The van der Waals surface area contributed by atoms with Crippen LogP contribution in [0.3, 0.4) is 0 Å². The van der Waals surface area contributed by atoms with E-state index in [1.54, 1.807) is 35.9 Å². The van der Waals surface area contributed by atoms with E-state index in [0.29, 0.717) is 23.8 Å². The molecule has 0 N–H and O–H groups in total. The van der Waals surface area contributed by atoms with E-state index in [9.17, 15) is 9.18 Å². The standard InChI is InChI=1S/C23H26FN3O3S2.ClH/c1-29-18-4-7-21-20(16-18)25-23(32-21)27(10-9-26-11-13-30-14-12-26)22(28)8-15-31-19-5-2-17(24)3-6-19;/h2-7,16H,8-15H2,1H3;1H. The van der Waals surface area contributed by atoms with Gasteiger partial charge in [-0.25, -0.2) is 9.37 Å². The zero-order chi connectivity index (χ0) is 22.3. The predicted molar refractivity (Wildman–Crippen MR) is 135 cm³/mol. The highest BCUT2D eigenvalue weighted by atomic mass is 35.5. The molecule has 178 valence electrons. The number of carbonyl (C=O) groups is 1. The van der Waals surface area contributed by atoms with E-state index in [0.717, 1.165) is 53.7 Å². The Labute approximate surface area is 207 Å². The number of morpholine rings is 1. The summed E-state index contributed by atoms with van der Waals surface area (Å²) in [5.74, 6) is 1.15. The number of thioether (sulfide) groups is 1. The van der Waals surface area contributed by atoms with Gasteiger partial charge in [-0.3, -0.25) is 14.6 Å². The molecule has 0 atom stereocenters. The van der Waals surface area contributed by atoms with Crippen LogP contribution >= 0.6 is 35.5 Å². The Morgan fingerprint density at radius 3 is 2.73 bits per heavy atom. The minimum Gasteiger partial charge on any atom is -0.497 e. The number of fused-ring (bicyclic) bond motifs is 1. The van der Waals surface area contributed by atoms with Crippen molar-refractivity contribution in [2.24, 2.45) is 0 Å². The molecule has 6 nitrogen and oxygen atoms in total. The van der Waals surface area contributed by atoms with Gasteiger partial charge in [0.2, 0.25) is 5.91 Å². The highest BCUT2D eigenvalue weighted by Gasteiger charge is 2.21. The molecule has 0 bridgehead atoms. The summed E-state index contributed by atoms with van der Waals surface area (Å²) in [6, 6.07) is 12.1. The third-order valence-electron chi connectivity index (χ3n) is 5.26. The van der Waals surface area contributed by atoms with E-state index >= 15 is 0 Å². The Balaban J connectivity index is 0.00000306. The lowest BCUT2D eigenvalue weighted by molar-refractivity contribution is -0.118. The Hall–Kier alpha value is -1.91. The zero-order valence-electron chi connectivity index (χ0n) is 18.4. The number of thiazole rings is 1. The van der Waals surface area contributed by atoms with Gasteiger partial charge in [0.25, 0.3) is 0 Å². The van der Waals surface area contributed by atoms with Crippen LogP contribution in [-0.2, 0) is 9.53 Å². The normalized spacial score (nSPS) is 14.1. The highest BCUT2D eigenvalue weighted by Crippen LogP contribution is 2.32. The van der Waals surface area contributed by atoms with E-state index in [-0.39, 0.29) is 24.1 Å². The number of carbonyl (C=O) groups excluding carboxylic acids is 1. The summed E-state index contributed by atoms with van der Waals surface area (Å²) in [7, 11) is 1.63. The van der Waals surface area contributed by atoms with Crippen molar-refractivity contribution in [3.05, 3.63) is 48.3 Å². The van der Waals surface area contributed by atoms with E-state index in [4.69, 9.17) is 14.5 Å². The fraction of sp³-hybridized carbons (Fsp3) is 0.391. The van der Waals surface area contributed by atoms with Crippen LogP contribution in [0.4, 0.5) is 9.52 Å². The summed E-state index contributed by atoms with van der Waals surface area (Å²) in [5.41, 5.74) is 0.828. The van der Waals surface area contributed by atoms with Gasteiger partial charge in [-0.1, -0.05) is 11.3 Å². The monoisotopic (exact) mass is 511 g/mol. The van der Waals surface area contributed by atoms with Crippen molar-refractivity contribution >= 4 is 56.8 Å². The number of ether oxygens (including phenoxy) is 2. The number of hydrogen-bond donors (Lipinski definition) is 0. The van der Waals surface area contributed by atoms with Gasteiger partial charge in [-0.05, 0) is 36.4 Å². The summed E-state index contributed by atoms with van der Waals surface area (Å²) in [6.45, 7) is 4.56. The number of nitrogens with zero attached hydrogens (tertiary/aromatic N) is 3. The van der Waals surface area contributed by atoms with Gasteiger partial charge < -0.3 is 9.47 Å². The lowest BCUT2D eigenvalue weighted by Crippen LogP contribution is -2.43. The molecule has 0 spiro atoms. The van der Waals surface area contributed by atoms with Crippen LogP contribution in [-0.4, -0.2) is 68.0 Å². The summed E-state index contributed by atoms with van der Waals surface area (Å²) in [6.07, 6.45) is 0.379. The number of methoxy groups -OCH3 is 1. The number of benzene rings is 2. The van der Waals surface area contributed by atoms with Crippen molar-refractivity contribution in [3.63, 3.8) is 0 Å². The largest absolute Gasteiger partial charge is 0.497 e. The van der Waals surface area contributed by atoms with Gasteiger partial charge >= 0.3 is 0 Å². The predicted octanol–water partition coefficient (Wildman–Crippen LogP) is 4.71. The minimum atomic E-state index is -0.257. The number of halogens is 2. The van der Waals surface area contributed by atoms with Crippen molar-refractivity contribution < 1.29 is 18.7 Å². The molecule has 0 radical (unpaired) electrons. The SMILES string of the molecule is COc1ccc2sc(N(CCN3CCOCC3)C(=O)CCSc3ccc(F)cc3)nc2c1.Cl. The maximum atomic E-state index is 13.2. The molecule has 0 saturated carbocycles. The summed E-state index contributed by atoms with van der Waals surface area (Å²) < 4.78 is 24.9. The Morgan fingerprint density at radius 1 is 1.24 bits per heavy atom. The van der Waals surface area contributed by atoms with Gasteiger partial charge in [0, 0.05) is 49.3 Å². The fourth-order valence-corrected chi connectivity index (χ4v) is 5.28. The van der Waals surface area contributed by atoms with Crippen LogP contribution in [0.25, 0.3) is 10.2 Å². The van der Waals surface area contributed by atoms with E-state index in [1.165, 1.54) is 23.5 Å². The van der Waals surface area contributed by atoms with Crippen LogP contribution in [0.1, 0.15) is 6.42 Å². The molecule has 10 heteroatoms. The second kappa shape index (κ2) is 12.5. The Kier molecular flexibility index (Phi) is 9.76. The fourth-order valence-electron chi connectivity index (χ4n) is 3.45. The van der Waals surface area contributed by atoms with Crippen molar-refractivity contribution in [1.29, 1.82) is 0 Å². The van der Waals surface area contributed by atoms with Crippen molar-refractivity contribution in [2.45, 2.75) is 11.3 Å². The molecule has 0 aliphatic carbocycles. The van der Waals surface area contributed by atoms with Crippen LogP contribution in [0.2, 0.25) is 0 Å². The molecule has 0 unspecified atom stereocenters. The summed E-state index contributed by atoms with van der Waals surface area (Å²) >= 11 is 3.07. The number of hydrogen-bond acceptors (Lipinski definition) is 7. The second-order valence-electron chi connectivity index (χ2n) is 7.38. The van der Waals surface area contributed by atoms with Crippen molar-refractivity contribution in [1.82, 2.24) is 9.88 Å². The number of anilines is 1. The van der Waals surface area contributed by atoms with Crippen molar-refractivity contribution in [2.75, 3.05) is 57.2 Å². The molecule has 33 heavy (non-hydrogen) atoms. The molecule has 1 aliphatic rings. The van der Waals surface area contributed by atoms with Crippen LogP contribution < -0.4 is 9.64 Å². The van der Waals surface area contributed by atoms with Gasteiger partial charge in [0.1, 0.15) is 11.6 Å². The third-order valence-corrected chi connectivity index (χ3v) is 7.33. The van der Waals surface area contributed by atoms with E-state index in [2.05, 4.69) is 4.90 Å². The first kappa shape index (κ1) is 25.7. The maximum Gasteiger partial charge on any atom is 0.229 e. The molecular formula is C23H27ClFN3O3S2. The topological polar surface area (TPSA) is 54.9 Å². The molecule has 2 heterocycles. The quantitative estimate of drug-likeness (QED) is 0.388. The van der Waals surface area contributed by atoms with Crippen LogP contribution in [0.5, 0.6) is 5.75 Å². The Morgan fingerprint density at radius 2 is 2.00 bits per heavy atom. The first-order valence-corrected chi connectivity index (χ1v) is 12.4. The first-order valence-electron chi connectivity index (χ1n) is 10.6. The van der Waals surface area contributed by atoms with Gasteiger partial charge in [0.15, 0.2) is 5.13 Å². The lowest BCUT2D eigenvalue weighted by atomic mass is 10.3. The smallest absolute Gasteiger partial charge is 0.229 e. The molecule has 1 aliphatic heterocycles. The number of rotatable bonds is 9. The van der Waals surface area contributed by atoms with Crippen molar-refractivity contribution in [3.8, 4) is 5.75 Å². The molecular weight excluding hydrogens is 485 g/mol. The third kappa shape index (κ3) is 7.04. The van der Waals surface area contributed by atoms with E-state index in [1.807, 2.05) is 18.2 Å². The lowest BCUT2D eigenvalue weighted by Gasteiger charge is -2.29. The average Bonchev–Trinajstić information content (AvgIpc) is 3.24. The Bertz CT molecular complexity index is 1050. The highest BCUT2D eigenvalue weighted by molar-refractivity contribution is 7.99. The molecule has 1 fully saturated rings. The minimum absolute atomic E-state index is 0. The average molecular weight is 512 g/mol. The molecule has 2 aromatic carbocycles. The van der Waals surface area contributed by atoms with Gasteiger partial charge in [-0.2, -0.15) is 0 Å². The molecule has 1 saturated heterocycles. The molecule has 1 amide bonds. The van der Waals surface area contributed by atoms with Gasteiger partial charge in [0.05, 0.1) is 30.5 Å². The number of aromatic nitrogens is 1. The van der Waals surface area contributed by atoms with Crippen LogP contribution in [0.15, 0.2) is 47.4 Å². The summed E-state index contributed by atoms with van der Waals surface area (Å²) in [5, 5.41) is 0.707. The molecule has 3 aromatic rings. The summed E-state index contributed by atoms with van der Waals surface area (Å²) in [4.78, 5) is 23.0. The maximum absolute atomic E-state index is 13.2.